The summed E-state index contributed by atoms with van der Waals surface area (Å²) in [6, 6.07) is 8.34. The molecule has 0 bridgehead atoms. The zero-order valence-corrected chi connectivity index (χ0v) is 16.5. The Hall–Kier alpha value is -2.67. The summed E-state index contributed by atoms with van der Waals surface area (Å²) in [6.45, 7) is 8.44. The molecule has 0 saturated heterocycles. The van der Waals surface area contributed by atoms with Gasteiger partial charge in [0.2, 0.25) is 0 Å². The van der Waals surface area contributed by atoms with E-state index in [1.165, 1.54) is 16.9 Å². The number of hydrogen-bond donors (Lipinski definition) is 1. The summed E-state index contributed by atoms with van der Waals surface area (Å²) >= 11 is 1.39. The Morgan fingerprint density at radius 2 is 2.11 bits per heavy atom. The van der Waals surface area contributed by atoms with Gasteiger partial charge in [0.1, 0.15) is 21.3 Å². The molecule has 1 N–H and O–H groups in total. The van der Waals surface area contributed by atoms with Crippen LogP contribution in [0.2, 0.25) is 0 Å². The van der Waals surface area contributed by atoms with Gasteiger partial charge in [-0.3, -0.25) is 0 Å². The van der Waals surface area contributed by atoms with Crippen LogP contribution < -0.4 is 10.2 Å². The minimum Gasteiger partial charge on any atom is -0.462 e. The number of nitrogens with one attached hydrogen (secondary N) is 1. The Labute approximate surface area is 162 Å². The first-order chi connectivity index (χ1) is 13.1. The van der Waals surface area contributed by atoms with E-state index in [0.717, 1.165) is 46.9 Å². The molecular weight excluding hydrogens is 360 g/mol. The number of aromatic nitrogens is 2. The van der Waals surface area contributed by atoms with E-state index in [4.69, 9.17) is 9.72 Å². The molecule has 0 unspecified atom stereocenters. The zero-order valence-electron chi connectivity index (χ0n) is 15.7. The van der Waals surface area contributed by atoms with Crippen LogP contribution in [0.25, 0.3) is 10.2 Å². The number of rotatable bonds is 3. The number of carbonyl (C=O) groups excluding carboxylic acids is 1. The molecule has 1 aromatic carbocycles. The molecule has 2 aromatic heterocycles. The van der Waals surface area contributed by atoms with E-state index in [1.54, 1.807) is 0 Å². The number of para-hydroxylation sites is 1. The molecule has 3 aromatic rings. The van der Waals surface area contributed by atoms with E-state index in [0.29, 0.717) is 17.3 Å². The highest BCUT2D eigenvalue weighted by atomic mass is 32.1. The Bertz CT molecular complexity index is 1010. The smallest absolute Gasteiger partial charge is 0.348 e. The van der Waals surface area contributed by atoms with Crippen molar-refractivity contribution in [3.8, 4) is 0 Å². The Kier molecular flexibility index (Phi) is 4.70. The number of fused-ring (bicyclic) bond motifs is 2. The number of carbonyl (C=O) groups is 1. The van der Waals surface area contributed by atoms with Crippen molar-refractivity contribution in [3.05, 3.63) is 46.1 Å². The normalized spacial score (nSPS) is 13.8. The fourth-order valence-corrected chi connectivity index (χ4v) is 4.58. The minimum absolute atomic E-state index is 0.288. The van der Waals surface area contributed by atoms with Gasteiger partial charge < -0.3 is 15.0 Å². The number of nitrogens with zero attached hydrogens (tertiary/aromatic N) is 3. The van der Waals surface area contributed by atoms with Crippen LogP contribution in [-0.4, -0.2) is 35.6 Å². The molecule has 0 radical (unpaired) electrons. The molecule has 140 valence electrons. The summed E-state index contributed by atoms with van der Waals surface area (Å²) in [7, 11) is 0. The fraction of sp³-hybridized carbons (Fsp3) is 0.350. The minimum atomic E-state index is -0.288. The lowest BCUT2D eigenvalue weighted by Crippen LogP contribution is -2.27. The van der Waals surface area contributed by atoms with Crippen LogP contribution in [0.3, 0.4) is 0 Å². The topological polar surface area (TPSA) is 67.3 Å². The van der Waals surface area contributed by atoms with Crippen molar-refractivity contribution >= 4 is 39.0 Å². The van der Waals surface area contributed by atoms with Crippen LogP contribution in [-0.2, 0) is 11.3 Å². The number of thiophene rings is 1. The van der Waals surface area contributed by atoms with Crippen LogP contribution >= 0.6 is 11.3 Å². The second kappa shape index (κ2) is 7.15. The maximum Gasteiger partial charge on any atom is 0.348 e. The third kappa shape index (κ3) is 3.23. The first kappa shape index (κ1) is 17.7. The first-order valence-corrected chi connectivity index (χ1v) is 9.91. The number of benzene rings is 1. The molecule has 1 aliphatic rings. The monoisotopic (exact) mass is 382 g/mol. The van der Waals surface area contributed by atoms with Crippen molar-refractivity contribution in [2.45, 2.75) is 27.3 Å². The molecule has 0 saturated carbocycles. The van der Waals surface area contributed by atoms with E-state index in [1.807, 2.05) is 26.8 Å². The van der Waals surface area contributed by atoms with Crippen LogP contribution in [0.4, 0.5) is 11.5 Å². The molecule has 7 heteroatoms. The summed E-state index contributed by atoms with van der Waals surface area (Å²) in [4.78, 5) is 25.4. The van der Waals surface area contributed by atoms with Gasteiger partial charge in [0, 0.05) is 25.3 Å². The largest absolute Gasteiger partial charge is 0.462 e. The number of anilines is 2. The number of ether oxygens (including phenoxy) is 1. The summed E-state index contributed by atoms with van der Waals surface area (Å²) in [5.74, 6) is 1.31. The van der Waals surface area contributed by atoms with Crippen molar-refractivity contribution < 1.29 is 9.53 Å². The van der Waals surface area contributed by atoms with Crippen molar-refractivity contribution in [2.75, 3.05) is 29.9 Å². The SMILES string of the molecule is CCOC(=O)c1sc2nc(C)nc(N3CCNc4ccccc4C3)c2c1C. The van der Waals surface area contributed by atoms with Crippen molar-refractivity contribution in [1.29, 1.82) is 0 Å². The van der Waals surface area contributed by atoms with E-state index in [2.05, 4.69) is 33.4 Å². The number of hydrogen-bond acceptors (Lipinski definition) is 7. The summed E-state index contributed by atoms with van der Waals surface area (Å²) in [6.07, 6.45) is 0. The molecule has 0 amide bonds. The van der Waals surface area contributed by atoms with Gasteiger partial charge in [0.15, 0.2) is 0 Å². The average Bonchev–Trinajstić information content (AvgIpc) is 2.85. The summed E-state index contributed by atoms with van der Waals surface area (Å²) < 4.78 is 5.22. The molecule has 27 heavy (non-hydrogen) atoms. The van der Waals surface area contributed by atoms with E-state index < -0.39 is 0 Å². The predicted octanol–water partition coefficient (Wildman–Crippen LogP) is 3.92. The van der Waals surface area contributed by atoms with Crippen LogP contribution in [0, 0.1) is 13.8 Å². The lowest BCUT2D eigenvalue weighted by atomic mass is 10.1. The van der Waals surface area contributed by atoms with E-state index in [9.17, 15) is 4.79 Å². The van der Waals surface area contributed by atoms with Crippen LogP contribution in [0.5, 0.6) is 0 Å². The van der Waals surface area contributed by atoms with Gasteiger partial charge in [-0.2, -0.15) is 0 Å². The first-order valence-electron chi connectivity index (χ1n) is 9.10. The van der Waals surface area contributed by atoms with Gasteiger partial charge in [-0.15, -0.1) is 11.3 Å². The third-order valence-corrected chi connectivity index (χ3v) is 5.88. The predicted molar refractivity (Wildman–Crippen MR) is 109 cm³/mol. The molecule has 0 spiro atoms. The second-order valence-corrected chi connectivity index (χ2v) is 7.56. The highest BCUT2D eigenvalue weighted by molar-refractivity contribution is 7.20. The summed E-state index contributed by atoms with van der Waals surface area (Å²) in [5.41, 5.74) is 3.29. The lowest BCUT2D eigenvalue weighted by molar-refractivity contribution is 0.0531. The van der Waals surface area contributed by atoms with Crippen molar-refractivity contribution in [3.63, 3.8) is 0 Å². The lowest BCUT2D eigenvalue weighted by Gasteiger charge is -2.23. The van der Waals surface area contributed by atoms with E-state index >= 15 is 0 Å². The quantitative estimate of drug-likeness (QED) is 0.693. The molecule has 3 heterocycles. The molecule has 4 rings (SSSR count). The molecule has 0 aliphatic carbocycles. The van der Waals surface area contributed by atoms with Crippen molar-refractivity contribution in [2.24, 2.45) is 0 Å². The molecule has 0 fully saturated rings. The maximum atomic E-state index is 12.3. The van der Waals surface area contributed by atoms with Gasteiger partial charge in [0.05, 0.1) is 12.0 Å². The van der Waals surface area contributed by atoms with Gasteiger partial charge in [0.25, 0.3) is 0 Å². The number of esters is 1. The van der Waals surface area contributed by atoms with Gasteiger partial charge in [-0.25, -0.2) is 14.8 Å². The van der Waals surface area contributed by atoms with Crippen LogP contribution in [0.1, 0.15) is 33.5 Å². The summed E-state index contributed by atoms with van der Waals surface area (Å²) in [5, 5.41) is 4.44. The van der Waals surface area contributed by atoms with Gasteiger partial charge in [-0.1, -0.05) is 18.2 Å². The van der Waals surface area contributed by atoms with E-state index in [-0.39, 0.29) is 5.97 Å². The average molecular weight is 382 g/mol. The zero-order chi connectivity index (χ0) is 19.0. The molecule has 0 atom stereocenters. The molecule has 6 nitrogen and oxygen atoms in total. The van der Waals surface area contributed by atoms with Crippen molar-refractivity contribution in [1.82, 2.24) is 9.97 Å². The van der Waals surface area contributed by atoms with Crippen LogP contribution in [0.15, 0.2) is 24.3 Å². The Morgan fingerprint density at radius 1 is 1.30 bits per heavy atom. The standard InChI is InChI=1S/C20H22N4O2S/c1-4-26-20(25)17-12(2)16-18(22-13(3)23-19(16)27-17)24-10-9-21-15-8-6-5-7-14(15)11-24/h5-8,21H,4,9-11H2,1-3H3. The molecule has 1 aliphatic heterocycles. The third-order valence-electron chi connectivity index (χ3n) is 4.72. The Balaban J connectivity index is 1.83. The number of aryl methyl sites for hydroxylation is 2. The highest BCUT2D eigenvalue weighted by Gasteiger charge is 2.24. The molecular formula is C20H22N4O2S. The van der Waals surface area contributed by atoms with Gasteiger partial charge in [-0.05, 0) is 38.0 Å². The second-order valence-electron chi connectivity index (χ2n) is 6.56. The van der Waals surface area contributed by atoms with Gasteiger partial charge >= 0.3 is 5.97 Å². The fourth-order valence-electron chi connectivity index (χ4n) is 3.46. The Morgan fingerprint density at radius 3 is 2.93 bits per heavy atom. The maximum absolute atomic E-state index is 12.3. The highest BCUT2D eigenvalue weighted by Crippen LogP contribution is 2.37.